The molecule has 0 aliphatic carbocycles. The Balaban J connectivity index is 2.47. The summed E-state index contributed by atoms with van der Waals surface area (Å²) in [6.07, 6.45) is -1.81. The lowest BCUT2D eigenvalue weighted by atomic mass is 10.2. The summed E-state index contributed by atoms with van der Waals surface area (Å²) >= 11 is 15.8. The summed E-state index contributed by atoms with van der Waals surface area (Å²) in [4.78, 5) is 25.8. The Morgan fingerprint density at radius 1 is 1.36 bits per heavy atom. The minimum atomic E-state index is -1.17. The van der Waals surface area contributed by atoms with Crippen molar-refractivity contribution in [3.63, 3.8) is 0 Å². The van der Waals surface area contributed by atoms with Crippen LogP contribution in [0.4, 0.5) is 15.3 Å². The van der Waals surface area contributed by atoms with Gasteiger partial charge in [-0.05, 0) is 42.8 Å². The maximum Gasteiger partial charge on any atom is 0.412 e. The number of H-pyrrole nitrogens is 1. The van der Waals surface area contributed by atoms with Gasteiger partial charge in [-0.3, -0.25) is 5.32 Å². The van der Waals surface area contributed by atoms with Crippen molar-refractivity contribution < 1.29 is 19.4 Å². The van der Waals surface area contributed by atoms with E-state index >= 15 is 0 Å². The summed E-state index contributed by atoms with van der Waals surface area (Å²) in [5, 5.41) is 14.7. The van der Waals surface area contributed by atoms with Gasteiger partial charge in [0.15, 0.2) is 0 Å². The SMILES string of the molecule is CC(C)(C)OC(=O)Nc1cc(Cl)c(Cl)c2[nH]c(CNC(=O)O)c(Br)c12. The Hall–Kier alpha value is -1.64. The van der Waals surface area contributed by atoms with Crippen LogP contribution < -0.4 is 10.6 Å². The van der Waals surface area contributed by atoms with Crippen LogP contribution >= 0.6 is 39.1 Å². The summed E-state index contributed by atoms with van der Waals surface area (Å²) < 4.78 is 5.80. The molecule has 0 aliphatic rings. The van der Waals surface area contributed by atoms with Crippen molar-refractivity contribution in [2.45, 2.75) is 32.9 Å². The molecule has 2 rings (SSSR count). The Morgan fingerprint density at radius 3 is 2.56 bits per heavy atom. The van der Waals surface area contributed by atoms with Gasteiger partial charge in [-0.2, -0.15) is 0 Å². The highest BCUT2D eigenvalue weighted by Gasteiger charge is 2.22. The van der Waals surface area contributed by atoms with Crippen molar-refractivity contribution in [1.29, 1.82) is 0 Å². The van der Waals surface area contributed by atoms with Gasteiger partial charge in [0.2, 0.25) is 0 Å². The number of benzene rings is 1. The second kappa shape index (κ2) is 7.31. The molecule has 0 aliphatic heterocycles. The van der Waals surface area contributed by atoms with Crippen LogP contribution in [0.1, 0.15) is 26.5 Å². The molecule has 2 amide bonds. The summed E-state index contributed by atoms with van der Waals surface area (Å²) in [6.45, 7) is 5.26. The highest BCUT2D eigenvalue weighted by atomic mass is 79.9. The van der Waals surface area contributed by atoms with E-state index in [2.05, 4.69) is 31.5 Å². The van der Waals surface area contributed by atoms with Crippen molar-refractivity contribution in [3.05, 3.63) is 26.3 Å². The van der Waals surface area contributed by atoms with Crippen molar-refractivity contribution in [3.8, 4) is 0 Å². The van der Waals surface area contributed by atoms with E-state index in [9.17, 15) is 9.59 Å². The number of hydrogen-bond donors (Lipinski definition) is 4. The molecule has 25 heavy (non-hydrogen) atoms. The van der Waals surface area contributed by atoms with Gasteiger partial charge < -0.3 is 20.1 Å². The van der Waals surface area contributed by atoms with E-state index in [0.29, 0.717) is 26.8 Å². The monoisotopic (exact) mass is 451 g/mol. The standard InChI is InChI=1S/C15H16BrCl2N3O4/c1-15(2,3)25-14(24)21-7-4-6(17)11(18)12-9(7)10(16)8(20-12)5-19-13(22)23/h4,19-20H,5H2,1-3H3,(H,21,24)(H,22,23). The van der Waals surface area contributed by atoms with E-state index in [4.69, 9.17) is 33.0 Å². The fourth-order valence-electron chi connectivity index (χ4n) is 2.13. The largest absolute Gasteiger partial charge is 0.465 e. The van der Waals surface area contributed by atoms with Crippen LogP contribution in [-0.2, 0) is 11.3 Å². The lowest BCUT2D eigenvalue weighted by Crippen LogP contribution is -2.27. The number of aromatic nitrogens is 1. The number of aromatic amines is 1. The number of amides is 2. The first-order valence-corrected chi connectivity index (χ1v) is 8.69. The Labute approximate surface area is 162 Å². The van der Waals surface area contributed by atoms with E-state index in [1.54, 1.807) is 20.8 Å². The van der Waals surface area contributed by atoms with Crippen LogP contribution in [0.5, 0.6) is 0 Å². The van der Waals surface area contributed by atoms with Gasteiger partial charge in [0.1, 0.15) is 5.60 Å². The van der Waals surface area contributed by atoms with Gasteiger partial charge in [-0.15, -0.1) is 0 Å². The highest BCUT2D eigenvalue weighted by molar-refractivity contribution is 9.10. The smallest absolute Gasteiger partial charge is 0.412 e. The minimum Gasteiger partial charge on any atom is -0.465 e. The first kappa shape index (κ1) is 19.7. The van der Waals surface area contributed by atoms with Gasteiger partial charge in [0.05, 0.1) is 38.0 Å². The van der Waals surface area contributed by atoms with E-state index in [1.807, 2.05) is 0 Å². The average Bonchev–Trinajstić information content (AvgIpc) is 2.77. The lowest BCUT2D eigenvalue weighted by Gasteiger charge is -2.20. The first-order valence-electron chi connectivity index (χ1n) is 7.14. The molecule has 1 heterocycles. The first-order chi connectivity index (χ1) is 11.5. The molecule has 0 saturated carbocycles. The third-order valence-corrected chi connectivity index (χ3v) is 4.69. The molecule has 0 saturated heterocycles. The third-order valence-electron chi connectivity index (χ3n) is 3.03. The number of carboxylic acid groups (broad SMARTS) is 1. The Bertz CT molecular complexity index is 846. The van der Waals surface area contributed by atoms with Crippen LogP contribution in [0.2, 0.25) is 10.0 Å². The van der Waals surface area contributed by atoms with Gasteiger partial charge in [-0.1, -0.05) is 23.2 Å². The van der Waals surface area contributed by atoms with Crippen molar-refractivity contribution in [2.24, 2.45) is 0 Å². The number of carbonyl (C=O) groups is 2. The summed E-state index contributed by atoms with van der Waals surface area (Å²) in [7, 11) is 0. The minimum absolute atomic E-state index is 0.0183. The quantitative estimate of drug-likeness (QED) is 0.503. The van der Waals surface area contributed by atoms with Crippen LogP contribution in [0, 0.1) is 0 Å². The third kappa shape index (κ3) is 4.71. The molecule has 10 heteroatoms. The van der Waals surface area contributed by atoms with E-state index < -0.39 is 17.8 Å². The number of anilines is 1. The van der Waals surface area contributed by atoms with Crippen molar-refractivity contribution in [1.82, 2.24) is 10.3 Å². The number of halogens is 3. The zero-order valence-electron chi connectivity index (χ0n) is 13.6. The predicted molar refractivity (Wildman–Crippen MR) is 101 cm³/mol. The van der Waals surface area contributed by atoms with Crippen LogP contribution in [0.25, 0.3) is 10.9 Å². The number of hydrogen-bond acceptors (Lipinski definition) is 3. The van der Waals surface area contributed by atoms with Crippen LogP contribution in [0.3, 0.4) is 0 Å². The lowest BCUT2D eigenvalue weighted by molar-refractivity contribution is 0.0636. The van der Waals surface area contributed by atoms with Gasteiger partial charge >= 0.3 is 12.2 Å². The number of nitrogens with one attached hydrogen (secondary N) is 3. The van der Waals surface area contributed by atoms with Gasteiger partial charge in [0.25, 0.3) is 0 Å². The molecule has 0 unspecified atom stereocenters. The molecule has 0 fully saturated rings. The zero-order valence-corrected chi connectivity index (χ0v) is 16.7. The number of ether oxygens (including phenoxy) is 1. The number of rotatable bonds is 3. The summed E-state index contributed by atoms with van der Waals surface area (Å²) in [6, 6.07) is 1.50. The molecule has 0 spiro atoms. The molecule has 0 atom stereocenters. The van der Waals surface area contributed by atoms with Crippen molar-refractivity contribution in [2.75, 3.05) is 5.32 Å². The van der Waals surface area contributed by atoms with Crippen LogP contribution in [0.15, 0.2) is 10.5 Å². The van der Waals surface area contributed by atoms with E-state index in [1.165, 1.54) is 6.07 Å². The van der Waals surface area contributed by atoms with Gasteiger partial charge in [-0.25, -0.2) is 9.59 Å². The van der Waals surface area contributed by atoms with Crippen LogP contribution in [-0.4, -0.2) is 27.9 Å². The second-order valence-electron chi connectivity index (χ2n) is 6.17. The predicted octanol–water partition coefficient (Wildman–Crippen LogP) is 5.35. The topological polar surface area (TPSA) is 103 Å². The summed E-state index contributed by atoms with van der Waals surface area (Å²) in [5.41, 5.74) is 0.720. The van der Waals surface area contributed by atoms with Crippen molar-refractivity contribution >= 4 is 67.9 Å². The molecule has 4 N–H and O–H groups in total. The maximum atomic E-state index is 12.1. The maximum absolute atomic E-state index is 12.1. The second-order valence-corrected chi connectivity index (χ2v) is 7.75. The molecule has 1 aromatic heterocycles. The highest BCUT2D eigenvalue weighted by Crippen LogP contribution is 2.41. The Morgan fingerprint density at radius 2 is 2.00 bits per heavy atom. The average molecular weight is 453 g/mol. The fraction of sp³-hybridized carbons (Fsp3) is 0.333. The molecule has 0 radical (unpaired) electrons. The van der Waals surface area contributed by atoms with Gasteiger partial charge in [0, 0.05) is 5.39 Å². The zero-order chi connectivity index (χ0) is 18.9. The molecule has 7 nitrogen and oxygen atoms in total. The number of carbonyl (C=O) groups excluding carboxylic acids is 1. The Kier molecular flexibility index (Phi) is 5.75. The molecule has 2 aromatic rings. The molecular weight excluding hydrogens is 437 g/mol. The van der Waals surface area contributed by atoms with E-state index in [0.717, 1.165) is 0 Å². The molecule has 0 bridgehead atoms. The van der Waals surface area contributed by atoms with E-state index in [-0.39, 0.29) is 16.6 Å². The molecule has 136 valence electrons. The summed E-state index contributed by atoms with van der Waals surface area (Å²) in [5.74, 6) is 0. The fourth-order valence-corrected chi connectivity index (χ4v) is 3.18. The number of fused-ring (bicyclic) bond motifs is 1. The molecular formula is C15H16BrCl2N3O4. The normalized spacial score (nSPS) is 11.4. The molecule has 1 aromatic carbocycles.